The van der Waals surface area contributed by atoms with Gasteiger partial charge in [0.15, 0.2) is 5.78 Å². The molecule has 0 saturated carbocycles. The van der Waals surface area contributed by atoms with Crippen LogP contribution in [-0.2, 0) is 4.79 Å². The molecule has 0 spiro atoms. The summed E-state index contributed by atoms with van der Waals surface area (Å²) in [6.07, 6.45) is 4.34. The predicted octanol–water partition coefficient (Wildman–Crippen LogP) is 3.09. The SMILES string of the molecule is CSc1nc2n(n1)[C@H](c1ccc(N(C)C)cc1)C1=C(CCCC1=O)N2. The van der Waals surface area contributed by atoms with Gasteiger partial charge in [-0.3, -0.25) is 4.79 Å². The molecule has 7 heteroatoms. The number of allylic oxidation sites excluding steroid dienone is 2. The van der Waals surface area contributed by atoms with Gasteiger partial charge in [-0.2, -0.15) is 4.98 Å². The second kappa shape index (κ2) is 6.22. The third-order valence-electron chi connectivity index (χ3n) is 4.76. The third-order valence-corrected chi connectivity index (χ3v) is 5.29. The number of thioether (sulfide) groups is 1. The second-order valence-electron chi connectivity index (χ2n) is 6.55. The van der Waals surface area contributed by atoms with Crippen LogP contribution >= 0.6 is 11.8 Å². The summed E-state index contributed by atoms with van der Waals surface area (Å²) in [7, 11) is 4.04. The molecule has 1 atom stereocenters. The zero-order valence-electron chi connectivity index (χ0n) is 14.6. The van der Waals surface area contributed by atoms with E-state index in [1.54, 1.807) is 0 Å². The summed E-state index contributed by atoms with van der Waals surface area (Å²) < 4.78 is 1.86. The zero-order valence-corrected chi connectivity index (χ0v) is 15.4. The summed E-state index contributed by atoms with van der Waals surface area (Å²) in [6, 6.07) is 8.13. The zero-order chi connectivity index (χ0) is 17.6. The summed E-state index contributed by atoms with van der Waals surface area (Å²) in [5.74, 6) is 0.932. The maximum atomic E-state index is 12.7. The minimum atomic E-state index is -0.205. The van der Waals surface area contributed by atoms with Crippen molar-refractivity contribution in [3.05, 3.63) is 41.1 Å². The van der Waals surface area contributed by atoms with Crippen LogP contribution in [0.1, 0.15) is 30.9 Å². The number of anilines is 2. The van der Waals surface area contributed by atoms with Crippen molar-refractivity contribution in [2.75, 3.05) is 30.6 Å². The summed E-state index contributed by atoms with van der Waals surface area (Å²) in [6.45, 7) is 0. The summed E-state index contributed by atoms with van der Waals surface area (Å²) in [4.78, 5) is 19.3. The molecule has 1 N–H and O–H groups in total. The third kappa shape index (κ3) is 2.72. The molecule has 4 rings (SSSR count). The van der Waals surface area contributed by atoms with Crippen molar-refractivity contribution in [1.29, 1.82) is 0 Å². The molecule has 0 radical (unpaired) electrons. The van der Waals surface area contributed by atoms with Gasteiger partial charge in [0.25, 0.3) is 0 Å². The number of benzene rings is 1. The van der Waals surface area contributed by atoms with Crippen LogP contribution in [0, 0.1) is 0 Å². The number of carbonyl (C=O) groups is 1. The van der Waals surface area contributed by atoms with Gasteiger partial charge in [0.05, 0.1) is 0 Å². The molecule has 1 aliphatic heterocycles. The highest BCUT2D eigenvalue weighted by Crippen LogP contribution is 2.40. The minimum absolute atomic E-state index is 0.205. The molecular weight excluding hydrogens is 334 g/mol. The van der Waals surface area contributed by atoms with Gasteiger partial charge < -0.3 is 10.2 Å². The molecule has 0 amide bonds. The first-order valence-electron chi connectivity index (χ1n) is 8.39. The number of Topliss-reactive ketones (excluding diaryl/α,β-unsaturated/α-hetero) is 1. The molecule has 2 heterocycles. The van der Waals surface area contributed by atoms with Gasteiger partial charge in [-0.05, 0) is 36.8 Å². The average molecular weight is 355 g/mol. The van der Waals surface area contributed by atoms with E-state index in [4.69, 9.17) is 0 Å². The van der Waals surface area contributed by atoms with E-state index < -0.39 is 0 Å². The van der Waals surface area contributed by atoms with Crippen LogP contribution in [0.4, 0.5) is 11.6 Å². The van der Waals surface area contributed by atoms with Gasteiger partial charge in [0.2, 0.25) is 11.1 Å². The Morgan fingerprint density at radius 3 is 2.68 bits per heavy atom. The average Bonchev–Trinajstić information content (AvgIpc) is 3.03. The maximum absolute atomic E-state index is 12.7. The van der Waals surface area contributed by atoms with E-state index in [1.165, 1.54) is 11.8 Å². The molecule has 0 unspecified atom stereocenters. The Bertz CT molecular complexity index is 853. The van der Waals surface area contributed by atoms with E-state index >= 15 is 0 Å². The number of fused-ring (bicyclic) bond motifs is 1. The standard InChI is InChI=1S/C18H21N5OS/c1-22(2)12-9-7-11(8-10-12)16-15-13(5-4-6-14(15)24)19-17-20-18(25-3)21-23(16)17/h7-10,16H,4-6H2,1-3H3,(H,19,20,21)/t16-/m1/s1. The first-order chi connectivity index (χ1) is 12.1. The van der Waals surface area contributed by atoms with Crippen LogP contribution in [0.2, 0.25) is 0 Å². The van der Waals surface area contributed by atoms with E-state index in [0.29, 0.717) is 11.6 Å². The van der Waals surface area contributed by atoms with E-state index in [1.807, 2.05) is 25.0 Å². The molecule has 130 valence electrons. The van der Waals surface area contributed by atoms with Crippen molar-refractivity contribution in [1.82, 2.24) is 14.8 Å². The van der Waals surface area contributed by atoms with Crippen molar-refractivity contribution in [3.8, 4) is 0 Å². The highest BCUT2D eigenvalue weighted by molar-refractivity contribution is 7.98. The van der Waals surface area contributed by atoms with Crippen molar-refractivity contribution < 1.29 is 4.79 Å². The lowest BCUT2D eigenvalue weighted by Gasteiger charge is -2.32. The van der Waals surface area contributed by atoms with Crippen molar-refractivity contribution >= 4 is 29.2 Å². The largest absolute Gasteiger partial charge is 0.378 e. The molecule has 1 aromatic carbocycles. The first-order valence-corrected chi connectivity index (χ1v) is 9.62. The second-order valence-corrected chi connectivity index (χ2v) is 7.32. The lowest BCUT2D eigenvalue weighted by molar-refractivity contribution is -0.116. The molecule has 0 bridgehead atoms. The van der Waals surface area contributed by atoms with E-state index in [9.17, 15) is 4.79 Å². The fourth-order valence-corrected chi connectivity index (χ4v) is 3.83. The van der Waals surface area contributed by atoms with Crippen LogP contribution in [-0.4, -0.2) is 40.9 Å². The Morgan fingerprint density at radius 1 is 1.24 bits per heavy atom. The van der Waals surface area contributed by atoms with Gasteiger partial charge in [-0.15, -0.1) is 5.10 Å². The van der Waals surface area contributed by atoms with Crippen LogP contribution < -0.4 is 10.2 Å². The lowest BCUT2D eigenvalue weighted by atomic mass is 9.85. The molecule has 25 heavy (non-hydrogen) atoms. The number of aromatic nitrogens is 3. The number of ketones is 1. The van der Waals surface area contributed by atoms with Crippen molar-refractivity contribution in [2.45, 2.75) is 30.5 Å². The highest BCUT2D eigenvalue weighted by atomic mass is 32.2. The topological polar surface area (TPSA) is 63.1 Å². The Morgan fingerprint density at radius 2 is 2.00 bits per heavy atom. The monoisotopic (exact) mass is 355 g/mol. The number of hydrogen-bond acceptors (Lipinski definition) is 6. The molecule has 2 aromatic rings. The van der Waals surface area contributed by atoms with E-state index in [2.05, 4.69) is 44.6 Å². The van der Waals surface area contributed by atoms with Crippen molar-refractivity contribution in [2.24, 2.45) is 0 Å². The Balaban J connectivity index is 1.85. The number of nitrogens with zero attached hydrogens (tertiary/aromatic N) is 4. The van der Waals surface area contributed by atoms with E-state index in [-0.39, 0.29) is 11.8 Å². The molecule has 0 saturated heterocycles. The van der Waals surface area contributed by atoms with Gasteiger partial charge >= 0.3 is 0 Å². The predicted molar refractivity (Wildman–Crippen MR) is 100 cm³/mol. The molecule has 1 aliphatic carbocycles. The molecule has 1 aromatic heterocycles. The first kappa shape index (κ1) is 16.2. The van der Waals surface area contributed by atoms with Gasteiger partial charge in [0, 0.05) is 37.5 Å². The number of nitrogens with one attached hydrogen (secondary N) is 1. The molecule has 0 fully saturated rings. The maximum Gasteiger partial charge on any atom is 0.227 e. The Hall–Kier alpha value is -2.28. The van der Waals surface area contributed by atoms with Gasteiger partial charge in [0.1, 0.15) is 6.04 Å². The quantitative estimate of drug-likeness (QED) is 0.854. The smallest absolute Gasteiger partial charge is 0.227 e. The lowest BCUT2D eigenvalue weighted by Crippen LogP contribution is -2.31. The van der Waals surface area contributed by atoms with Gasteiger partial charge in [-0.1, -0.05) is 23.9 Å². The fraction of sp³-hybridized carbons (Fsp3) is 0.389. The Labute approximate surface area is 151 Å². The highest BCUT2D eigenvalue weighted by Gasteiger charge is 2.36. The molecule has 2 aliphatic rings. The fourth-order valence-electron chi connectivity index (χ4n) is 3.49. The van der Waals surface area contributed by atoms with E-state index in [0.717, 1.165) is 41.3 Å². The van der Waals surface area contributed by atoms with Gasteiger partial charge in [-0.25, -0.2) is 4.68 Å². The van der Waals surface area contributed by atoms with Crippen LogP contribution in [0.3, 0.4) is 0 Å². The van der Waals surface area contributed by atoms with Crippen molar-refractivity contribution in [3.63, 3.8) is 0 Å². The molecule has 6 nitrogen and oxygen atoms in total. The molecular formula is C18H21N5OS. The minimum Gasteiger partial charge on any atom is -0.378 e. The normalized spacial score (nSPS) is 19.3. The Kier molecular flexibility index (Phi) is 4.03. The number of rotatable bonds is 3. The number of carbonyl (C=O) groups excluding carboxylic acids is 1. The summed E-state index contributed by atoms with van der Waals surface area (Å²) in [5.41, 5.74) is 4.04. The summed E-state index contributed by atoms with van der Waals surface area (Å²) in [5, 5.41) is 8.67. The number of hydrogen-bond donors (Lipinski definition) is 1. The van der Waals surface area contributed by atoms with Crippen LogP contribution in [0.25, 0.3) is 0 Å². The van der Waals surface area contributed by atoms with Crippen LogP contribution in [0.5, 0.6) is 0 Å². The summed E-state index contributed by atoms with van der Waals surface area (Å²) >= 11 is 1.51. The van der Waals surface area contributed by atoms with Crippen LogP contribution in [0.15, 0.2) is 40.7 Å².